The second-order valence-electron chi connectivity index (χ2n) is 6.59. The highest BCUT2D eigenvalue weighted by atomic mass is 19.1. The third-order valence-corrected chi connectivity index (χ3v) is 5.17. The zero-order valence-electron chi connectivity index (χ0n) is 14.3. The molecule has 0 fully saturated rings. The molecule has 2 aliphatic rings. The molecule has 1 aliphatic heterocycles. The Hall–Kier alpha value is -2.89. The Balaban J connectivity index is 1.87. The molecule has 0 amide bonds. The van der Waals surface area contributed by atoms with Gasteiger partial charge in [0.25, 0.3) is 5.69 Å². The first-order valence-corrected chi connectivity index (χ1v) is 8.73. The summed E-state index contributed by atoms with van der Waals surface area (Å²) in [5.74, 6) is 0.293. The summed E-state index contributed by atoms with van der Waals surface area (Å²) in [6.07, 6.45) is 4.93. The van der Waals surface area contributed by atoms with Gasteiger partial charge in [-0.15, -0.1) is 0 Å². The molecule has 0 radical (unpaired) electrons. The number of halogens is 1. The Morgan fingerprint density at radius 2 is 2.12 bits per heavy atom. The van der Waals surface area contributed by atoms with Gasteiger partial charge in [0.15, 0.2) is 0 Å². The van der Waals surface area contributed by atoms with Crippen LogP contribution in [0, 0.1) is 21.8 Å². The maximum atomic E-state index is 14.4. The zero-order chi connectivity index (χ0) is 18.3. The second-order valence-corrected chi connectivity index (χ2v) is 6.59. The first-order valence-electron chi connectivity index (χ1n) is 8.73. The monoisotopic (exact) mass is 354 g/mol. The number of nitrogens with zero attached hydrogens (tertiary/aromatic N) is 1. The molecule has 4 rings (SSSR count). The maximum Gasteiger partial charge on any atom is 0.296 e. The fourth-order valence-electron chi connectivity index (χ4n) is 4.08. The molecular weight excluding hydrogens is 335 g/mol. The SMILES string of the molecule is CCOc1cc2c(c([N+](=O)[O-])c1)NC(c1ccccc1F)C1CC=CC21. The largest absolute Gasteiger partial charge is 0.494 e. The van der Waals surface area contributed by atoms with E-state index in [9.17, 15) is 14.5 Å². The molecule has 1 aliphatic carbocycles. The number of nitrogens with one attached hydrogen (secondary N) is 1. The van der Waals surface area contributed by atoms with E-state index in [0.29, 0.717) is 23.6 Å². The highest BCUT2D eigenvalue weighted by molar-refractivity contribution is 5.73. The summed E-state index contributed by atoms with van der Waals surface area (Å²) in [5.41, 5.74) is 1.81. The van der Waals surface area contributed by atoms with E-state index in [1.165, 1.54) is 12.1 Å². The zero-order valence-corrected chi connectivity index (χ0v) is 14.3. The molecule has 0 aromatic heterocycles. The minimum absolute atomic E-state index is 0.00466. The molecule has 1 heterocycles. The van der Waals surface area contributed by atoms with Gasteiger partial charge < -0.3 is 10.1 Å². The smallest absolute Gasteiger partial charge is 0.296 e. The van der Waals surface area contributed by atoms with Gasteiger partial charge in [-0.2, -0.15) is 0 Å². The number of anilines is 1. The van der Waals surface area contributed by atoms with Crippen LogP contribution < -0.4 is 10.1 Å². The molecule has 0 bridgehead atoms. The van der Waals surface area contributed by atoms with Crippen LogP contribution in [-0.4, -0.2) is 11.5 Å². The third kappa shape index (κ3) is 2.62. The van der Waals surface area contributed by atoms with Crippen LogP contribution in [0.15, 0.2) is 48.6 Å². The number of allylic oxidation sites excluding steroid dienone is 2. The molecule has 1 N–H and O–H groups in total. The van der Waals surface area contributed by atoms with Gasteiger partial charge in [0.2, 0.25) is 0 Å². The van der Waals surface area contributed by atoms with Crippen molar-refractivity contribution < 1.29 is 14.1 Å². The molecule has 0 saturated carbocycles. The van der Waals surface area contributed by atoms with Crippen molar-refractivity contribution in [2.24, 2.45) is 5.92 Å². The normalized spacial score (nSPS) is 23.1. The second kappa shape index (κ2) is 6.44. The van der Waals surface area contributed by atoms with E-state index in [4.69, 9.17) is 4.74 Å². The number of ether oxygens (including phenoxy) is 1. The molecule has 26 heavy (non-hydrogen) atoms. The van der Waals surface area contributed by atoms with Crippen molar-refractivity contribution in [3.63, 3.8) is 0 Å². The number of hydrogen-bond donors (Lipinski definition) is 1. The van der Waals surface area contributed by atoms with Crippen LogP contribution in [-0.2, 0) is 0 Å². The van der Waals surface area contributed by atoms with Crippen molar-refractivity contribution >= 4 is 11.4 Å². The molecule has 0 saturated heterocycles. The maximum absolute atomic E-state index is 14.4. The van der Waals surface area contributed by atoms with Crippen molar-refractivity contribution in [3.8, 4) is 5.75 Å². The van der Waals surface area contributed by atoms with Crippen molar-refractivity contribution in [2.45, 2.75) is 25.3 Å². The third-order valence-electron chi connectivity index (χ3n) is 5.17. The molecule has 6 heteroatoms. The van der Waals surface area contributed by atoms with Crippen molar-refractivity contribution in [1.82, 2.24) is 0 Å². The van der Waals surface area contributed by atoms with Gasteiger partial charge in [-0.25, -0.2) is 4.39 Å². The predicted octanol–water partition coefficient (Wildman–Crippen LogP) is 4.96. The molecule has 0 spiro atoms. The summed E-state index contributed by atoms with van der Waals surface area (Å²) in [7, 11) is 0. The first-order chi connectivity index (χ1) is 12.6. The Morgan fingerprint density at radius 1 is 1.31 bits per heavy atom. The van der Waals surface area contributed by atoms with Crippen LogP contribution in [0.5, 0.6) is 5.75 Å². The average molecular weight is 354 g/mol. The molecule has 2 aromatic rings. The lowest BCUT2D eigenvalue weighted by Crippen LogP contribution is -2.30. The summed E-state index contributed by atoms with van der Waals surface area (Å²) in [6, 6.07) is 9.59. The fraction of sp³-hybridized carbons (Fsp3) is 0.300. The van der Waals surface area contributed by atoms with Crippen LogP contribution in [0.3, 0.4) is 0 Å². The van der Waals surface area contributed by atoms with Crippen LogP contribution in [0.4, 0.5) is 15.8 Å². The van der Waals surface area contributed by atoms with Gasteiger partial charge in [0, 0.05) is 11.5 Å². The Bertz CT molecular complexity index is 897. The van der Waals surface area contributed by atoms with Crippen molar-refractivity contribution in [2.75, 3.05) is 11.9 Å². The number of nitro groups is 1. The van der Waals surface area contributed by atoms with Gasteiger partial charge in [0.05, 0.1) is 23.6 Å². The summed E-state index contributed by atoms with van der Waals surface area (Å²) in [6.45, 7) is 2.28. The summed E-state index contributed by atoms with van der Waals surface area (Å²) < 4.78 is 19.9. The highest BCUT2D eigenvalue weighted by Crippen LogP contribution is 2.53. The van der Waals surface area contributed by atoms with Crippen LogP contribution in [0.2, 0.25) is 0 Å². The minimum Gasteiger partial charge on any atom is -0.494 e. The lowest BCUT2D eigenvalue weighted by atomic mass is 9.76. The van der Waals surface area contributed by atoms with Gasteiger partial charge in [-0.05, 0) is 37.0 Å². The Kier molecular flexibility index (Phi) is 4.11. The Morgan fingerprint density at radius 3 is 2.85 bits per heavy atom. The average Bonchev–Trinajstić information content (AvgIpc) is 3.11. The lowest BCUT2D eigenvalue weighted by molar-refractivity contribution is -0.384. The molecule has 5 nitrogen and oxygen atoms in total. The summed E-state index contributed by atoms with van der Waals surface area (Å²) in [4.78, 5) is 11.2. The topological polar surface area (TPSA) is 64.4 Å². The molecule has 2 aromatic carbocycles. The number of rotatable bonds is 4. The van der Waals surface area contributed by atoms with Crippen LogP contribution >= 0.6 is 0 Å². The van der Waals surface area contributed by atoms with Gasteiger partial charge in [-0.1, -0.05) is 30.4 Å². The molecule has 3 unspecified atom stereocenters. The molecule has 3 atom stereocenters. The van der Waals surface area contributed by atoms with Gasteiger partial charge in [0.1, 0.15) is 17.3 Å². The summed E-state index contributed by atoms with van der Waals surface area (Å²) >= 11 is 0. The van der Waals surface area contributed by atoms with E-state index in [1.807, 2.05) is 13.0 Å². The summed E-state index contributed by atoms with van der Waals surface area (Å²) in [5, 5.41) is 14.9. The highest BCUT2D eigenvalue weighted by Gasteiger charge is 2.41. The van der Waals surface area contributed by atoms with E-state index in [2.05, 4.69) is 17.5 Å². The number of nitro benzene ring substituents is 1. The van der Waals surface area contributed by atoms with Crippen LogP contribution in [0.25, 0.3) is 0 Å². The standard InChI is InChI=1S/C20H19FN2O3/c1-2-26-12-10-16-13-7-5-8-14(13)19(15-6-3-4-9-17(15)21)22-20(16)18(11-12)23(24)25/h3-7,9-11,13-14,19,22H,2,8H2,1H3. The fourth-order valence-corrected chi connectivity index (χ4v) is 4.08. The number of fused-ring (bicyclic) bond motifs is 3. The molecular formula is C20H19FN2O3. The van der Waals surface area contributed by atoms with E-state index < -0.39 is 4.92 Å². The molecule has 134 valence electrons. The van der Waals surface area contributed by atoms with E-state index >= 15 is 0 Å². The quantitative estimate of drug-likeness (QED) is 0.479. The Labute approximate surface area is 150 Å². The van der Waals surface area contributed by atoms with Crippen molar-refractivity contribution in [3.05, 3.63) is 75.6 Å². The number of benzene rings is 2. The lowest BCUT2D eigenvalue weighted by Gasteiger charge is -2.37. The van der Waals surface area contributed by atoms with E-state index in [-0.39, 0.29) is 29.4 Å². The van der Waals surface area contributed by atoms with Gasteiger partial charge >= 0.3 is 0 Å². The van der Waals surface area contributed by atoms with E-state index in [0.717, 1.165) is 12.0 Å². The number of hydrogen-bond acceptors (Lipinski definition) is 4. The van der Waals surface area contributed by atoms with Gasteiger partial charge in [-0.3, -0.25) is 10.1 Å². The predicted molar refractivity (Wildman–Crippen MR) is 97.0 cm³/mol. The van der Waals surface area contributed by atoms with E-state index in [1.54, 1.807) is 18.2 Å². The first kappa shape index (κ1) is 16.6. The van der Waals surface area contributed by atoms with Crippen molar-refractivity contribution in [1.29, 1.82) is 0 Å². The van der Waals surface area contributed by atoms with Crippen LogP contribution in [0.1, 0.15) is 36.4 Å². The minimum atomic E-state index is -0.411.